The van der Waals surface area contributed by atoms with Gasteiger partial charge >= 0.3 is 5.97 Å². The lowest BCUT2D eigenvalue weighted by Crippen LogP contribution is -2.29. The maximum absolute atomic E-state index is 11.7. The molecule has 1 aromatic rings. The molecular formula is C14H14O2S. The number of thioether (sulfide) groups is 1. The Morgan fingerprint density at radius 3 is 2.82 bits per heavy atom. The molecule has 0 aromatic heterocycles. The van der Waals surface area contributed by atoms with Crippen molar-refractivity contribution in [1.82, 2.24) is 0 Å². The van der Waals surface area contributed by atoms with Gasteiger partial charge in [0.2, 0.25) is 0 Å². The van der Waals surface area contributed by atoms with Crippen molar-refractivity contribution in [1.29, 1.82) is 0 Å². The predicted octanol–water partition coefficient (Wildman–Crippen LogP) is 2.73. The van der Waals surface area contributed by atoms with Crippen molar-refractivity contribution in [2.45, 2.75) is 29.1 Å². The fourth-order valence-corrected chi connectivity index (χ4v) is 5.16. The third kappa shape index (κ3) is 1.38. The zero-order valence-electron chi connectivity index (χ0n) is 9.41. The highest BCUT2D eigenvalue weighted by atomic mass is 32.2. The highest BCUT2D eigenvalue weighted by molar-refractivity contribution is 8.00. The van der Waals surface area contributed by atoms with Crippen LogP contribution in [0.3, 0.4) is 0 Å². The number of hydrogen-bond acceptors (Lipinski definition) is 3. The molecular weight excluding hydrogens is 232 g/mol. The van der Waals surface area contributed by atoms with Crippen molar-refractivity contribution in [3.05, 3.63) is 30.3 Å². The van der Waals surface area contributed by atoms with E-state index in [1.165, 1.54) is 11.3 Å². The molecule has 2 nitrogen and oxygen atoms in total. The molecule has 0 amide bonds. The van der Waals surface area contributed by atoms with E-state index in [2.05, 4.69) is 24.3 Å². The van der Waals surface area contributed by atoms with Gasteiger partial charge in [0.25, 0.3) is 0 Å². The van der Waals surface area contributed by atoms with Gasteiger partial charge in [0, 0.05) is 16.1 Å². The van der Waals surface area contributed by atoms with Crippen LogP contribution in [-0.2, 0) is 9.53 Å². The first-order valence-corrected chi connectivity index (χ1v) is 7.13. The van der Waals surface area contributed by atoms with Gasteiger partial charge in [-0.05, 0) is 30.9 Å². The molecule has 3 aliphatic rings. The second-order valence-electron chi connectivity index (χ2n) is 5.30. The molecule has 88 valence electrons. The Morgan fingerprint density at radius 1 is 1.18 bits per heavy atom. The summed E-state index contributed by atoms with van der Waals surface area (Å²) in [5.41, 5.74) is 0. The molecule has 0 radical (unpaired) electrons. The van der Waals surface area contributed by atoms with Crippen LogP contribution >= 0.6 is 11.8 Å². The van der Waals surface area contributed by atoms with Crippen molar-refractivity contribution in [3.63, 3.8) is 0 Å². The minimum Gasteiger partial charge on any atom is -0.461 e. The molecule has 1 aromatic carbocycles. The summed E-state index contributed by atoms with van der Waals surface area (Å²) in [6.45, 7) is 0. The van der Waals surface area contributed by atoms with Crippen LogP contribution in [0.25, 0.3) is 0 Å². The van der Waals surface area contributed by atoms with Gasteiger partial charge in [0.1, 0.15) is 6.10 Å². The largest absolute Gasteiger partial charge is 0.461 e. The Balaban J connectivity index is 1.59. The minimum absolute atomic E-state index is 0.0682. The van der Waals surface area contributed by atoms with E-state index in [1.54, 1.807) is 0 Å². The molecule has 4 rings (SSSR count). The molecule has 5 atom stereocenters. The SMILES string of the molecule is O=C1O[C@@H]2[C@H]3C[C@@H](C[C@H]13)[C@H]2Sc1ccccc1. The lowest BCUT2D eigenvalue weighted by Gasteiger charge is -2.24. The molecule has 1 aliphatic heterocycles. The maximum Gasteiger partial charge on any atom is 0.309 e. The van der Waals surface area contributed by atoms with Crippen LogP contribution in [0.1, 0.15) is 12.8 Å². The lowest BCUT2D eigenvalue weighted by atomic mass is 9.89. The number of rotatable bonds is 2. The summed E-state index contributed by atoms with van der Waals surface area (Å²) in [6, 6.07) is 10.5. The third-order valence-electron chi connectivity index (χ3n) is 4.43. The van der Waals surface area contributed by atoms with Gasteiger partial charge in [-0.2, -0.15) is 0 Å². The normalized spacial score (nSPS) is 41.9. The van der Waals surface area contributed by atoms with Gasteiger partial charge in [0.15, 0.2) is 0 Å². The fraction of sp³-hybridized carbons (Fsp3) is 0.500. The van der Waals surface area contributed by atoms with Crippen LogP contribution in [0.15, 0.2) is 35.2 Å². The lowest BCUT2D eigenvalue weighted by molar-refractivity contribution is -0.143. The molecule has 1 heterocycles. The summed E-state index contributed by atoms with van der Waals surface area (Å²) >= 11 is 1.90. The Bertz CT molecular complexity index is 459. The van der Waals surface area contributed by atoms with Gasteiger partial charge in [-0.25, -0.2) is 0 Å². The van der Waals surface area contributed by atoms with Crippen LogP contribution in [0.4, 0.5) is 0 Å². The molecule has 3 fully saturated rings. The van der Waals surface area contributed by atoms with Crippen LogP contribution in [0, 0.1) is 17.8 Å². The van der Waals surface area contributed by atoms with Gasteiger partial charge in [-0.3, -0.25) is 4.79 Å². The van der Waals surface area contributed by atoms with Gasteiger partial charge in [-0.1, -0.05) is 18.2 Å². The van der Waals surface area contributed by atoms with Crippen LogP contribution in [-0.4, -0.2) is 17.3 Å². The van der Waals surface area contributed by atoms with E-state index in [9.17, 15) is 4.79 Å². The first-order valence-electron chi connectivity index (χ1n) is 6.25. The average Bonchev–Trinajstić information content (AvgIpc) is 2.95. The Kier molecular flexibility index (Phi) is 2.07. The van der Waals surface area contributed by atoms with Crippen LogP contribution in [0.5, 0.6) is 0 Å². The van der Waals surface area contributed by atoms with E-state index < -0.39 is 0 Å². The number of ether oxygens (including phenoxy) is 1. The van der Waals surface area contributed by atoms with Crippen molar-refractivity contribution < 1.29 is 9.53 Å². The molecule has 2 aliphatic carbocycles. The fourth-order valence-electron chi connectivity index (χ4n) is 3.72. The first kappa shape index (κ1) is 10.0. The molecule has 3 heteroatoms. The molecule has 0 spiro atoms. The molecule has 0 unspecified atom stereocenters. The Labute approximate surface area is 105 Å². The molecule has 1 saturated heterocycles. The van der Waals surface area contributed by atoms with E-state index >= 15 is 0 Å². The summed E-state index contributed by atoms with van der Waals surface area (Å²) in [6.07, 6.45) is 2.45. The monoisotopic (exact) mass is 246 g/mol. The molecule has 2 saturated carbocycles. The van der Waals surface area contributed by atoms with E-state index in [-0.39, 0.29) is 18.0 Å². The van der Waals surface area contributed by atoms with Gasteiger partial charge in [-0.15, -0.1) is 11.8 Å². The number of hydrogen-bond donors (Lipinski definition) is 0. The highest BCUT2D eigenvalue weighted by Gasteiger charge is 2.61. The van der Waals surface area contributed by atoms with Crippen molar-refractivity contribution in [3.8, 4) is 0 Å². The topological polar surface area (TPSA) is 26.3 Å². The predicted molar refractivity (Wildman–Crippen MR) is 65.7 cm³/mol. The van der Waals surface area contributed by atoms with Crippen LogP contribution < -0.4 is 0 Å². The highest BCUT2D eigenvalue weighted by Crippen LogP contribution is 2.58. The summed E-state index contributed by atoms with van der Waals surface area (Å²) in [4.78, 5) is 13.0. The van der Waals surface area contributed by atoms with E-state index in [4.69, 9.17) is 4.74 Å². The number of esters is 1. The van der Waals surface area contributed by atoms with Gasteiger partial charge in [0.05, 0.1) is 5.92 Å². The zero-order valence-corrected chi connectivity index (χ0v) is 10.2. The average molecular weight is 246 g/mol. The number of carbonyl (C=O) groups excluding carboxylic acids is 1. The molecule has 0 N–H and O–H groups in total. The van der Waals surface area contributed by atoms with Crippen molar-refractivity contribution >= 4 is 17.7 Å². The number of benzene rings is 1. The summed E-state index contributed by atoms with van der Waals surface area (Å²) in [7, 11) is 0. The smallest absolute Gasteiger partial charge is 0.309 e. The third-order valence-corrected chi connectivity index (χ3v) is 5.90. The van der Waals surface area contributed by atoms with Gasteiger partial charge < -0.3 is 4.74 Å². The van der Waals surface area contributed by atoms with E-state index in [0.717, 1.165) is 6.42 Å². The van der Waals surface area contributed by atoms with Crippen molar-refractivity contribution in [2.24, 2.45) is 17.8 Å². The second-order valence-corrected chi connectivity index (χ2v) is 6.55. The number of carbonyl (C=O) groups is 1. The van der Waals surface area contributed by atoms with Crippen molar-refractivity contribution in [2.75, 3.05) is 0 Å². The summed E-state index contributed by atoms with van der Waals surface area (Å²) in [5, 5.41) is 0.491. The maximum atomic E-state index is 11.7. The molecule has 2 bridgehead atoms. The zero-order chi connectivity index (χ0) is 11.4. The summed E-state index contributed by atoms with van der Waals surface area (Å²) in [5.74, 6) is 1.51. The second kappa shape index (κ2) is 3.52. The number of fused-ring (bicyclic) bond motifs is 1. The van der Waals surface area contributed by atoms with E-state index in [1.807, 2.05) is 17.8 Å². The van der Waals surface area contributed by atoms with Crippen LogP contribution in [0.2, 0.25) is 0 Å². The van der Waals surface area contributed by atoms with E-state index in [0.29, 0.717) is 17.1 Å². The standard InChI is InChI=1S/C14H14O2S/c15-14-11-7-8-6-10(11)12(16-14)13(8)17-9-4-2-1-3-5-9/h1-5,8,10-13H,6-7H2/t8-,10-,11-,12+,13+/m0/s1. The quantitative estimate of drug-likeness (QED) is 0.751. The first-order chi connectivity index (χ1) is 8.33. The molecule has 17 heavy (non-hydrogen) atoms. The minimum atomic E-state index is 0.0682. The summed E-state index contributed by atoms with van der Waals surface area (Å²) < 4.78 is 5.56. The Hall–Kier alpha value is -0.960. The Morgan fingerprint density at radius 2 is 2.00 bits per heavy atom.